The van der Waals surface area contributed by atoms with Gasteiger partial charge >= 0.3 is 6.09 Å². The van der Waals surface area contributed by atoms with Gasteiger partial charge in [-0.1, -0.05) is 38.3 Å². The van der Waals surface area contributed by atoms with E-state index in [1.165, 1.54) is 17.0 Å². The second kappa shape index (κ2) is 12.6. The minimum Gasteiger partial charge on any atom is -0.508 e. The zero-order valence-electron chi connectivity index (χ0n) is 22.0. The molecule has 1 aromatic rings. The van der Waals surface area contributed by atoms with Crippen LogP contribution in [-0.2, 0) is 14.3 Å². The molecule has 2 unspecified atom stereocenters. The maximum absolute atomic E-state index is 13.6. The van der Waals surface area contributed by atoms with Crippen molar-refractivity contribution in [2.45, 2.75) is 104 Å². The summed E-state index contributed by atoms with van der Waals surface area (Å²) in [5.74, 6) is -0.643. The molecule has 0 aliphatic carbocycles. The number of amides is 3. The molecular formula is C26H43N3O5. The zero-order chi connectivity index (χ0) is 26.1. The van der Waals surface area contributed by atoms with Crippen molar-refractivity contribution in [3.63, 3.8) is 0 Å². The number of rotatable bonds is 10. The highest BCUT2D eigenvalue weighted by Crippen LogP contribution is 2.26. The molecule has 1 aromatic carbocycles. The van der Waals surface area contributed by atoms with Crippen molar-refractivity contribution in [3.8, 4) is 5.75 Å². The average molecular weight is 478 g/mol. The molecule has 0 bridgehead atoms. The van der Waals surface area contributed by atoms with Gasteiger partial charge in [-0.2, -0.15) is 0 Å². The van der Waals surface area contributed by atoms with Gasteiger partial charge in [0.2, 0.25) is 11.8 Å². The Kier molecular flexibility index (Phi) is 10.9. The third-order valence-corrected chi connectivity index (χ3v) is 4.91. The average Bonchev–Trinajstić information content (AvgIpc) is 2.68. The zero-order valence-corrected chi connectivity index (χ0v) is 22.0. The molecule has 0 aromatic heterocycles. The molecule has 3 N–H and O–H groups in total. The Morgan fingerprint density at radius 2 is 1.59 bits per heavy atom. The van der Waals surface area contributed by atoms with Crippen LogP contribution in [0.5, 0.6) is 5.75 Å². The van der Waals surface area contributed by atoms with Gasteiger partial charge in [0.1, 0.15) is 23.4 Å². The Morgan fingerprint density at radius 1 is 1.00 bits per heavy atom. The van der Waals surface area contributed by atoms with E-state index >= 15 is 0 Å². The second-order valence-corrected chi connectivity index (χ2v) is 10.7. The van der Waals surface area contributed by atoms with Crippen molar-refractivity contribution in [2.75, 3.05) is 6.54 Å². The van der Waals surface area contributed by atoms with Crippen molar-refractivity contribution >= 4 is 17.9 Å². The predicted octanol–water partition coefficient (Wildman–Crippen LogP) is 4.67. The van der Waals surface area contributed by atoms with Crippen LogP contribution in [-0.4, -0.2) is 51.6 Å². The fraction of sp³-hybridized carbons (Fsp3) is 0.654. The number of ether oxygens (including phenoxy) is 1. The number of hydrogen-bond acceptors (Lipinski definition) is 5. The minimum atomic E-state index is -0.920. The van der Waals surface area contributed by atoms with Gasteiger partial charge in [-0.05, 0) is 72.6 Å². The third-order valence-electron chi connectivity index (χ3n) is 4.91. The number of unbranched alkanes of at least 4 members (excludes halogenated alkanes) is 3. The largest absolute Gasteiger partial charge is 0.508 e. The molecule has 0 radical (unpaired) electrons. The van der Waals surface area contributed by atoms with E-state index in [4.69, 9.17) is 4.74 Å². The number of benzene rings is 1. The molecule has 8 heteroatoms. The summed E-state index contributed by atoms with van der Waals surface area (Å²) in [6.07, 6.45) is 3.00. The molecule has 0 aliphatic rings. The van der Waals surface area contributed by atoms with Gasteiger partial charge < -0.3 is 25.4 Å². The van der Waals surface area contributed by atoms with Gasteiger partial charge in [-0.15, -0.1) is 0 Å². The van der Waals surface area contributed by atoms with Gasteiger partial charge in [-0.25, -0.2) is 4.79 Å². The fourth-order valence-electron chi connectivity index (χ4n) is 3.44. The molecular weight excluding hydrogens is 434 g/mol. The summed E-state index contributed by atoms with van der Waals surface area (Å²) in [5, 5.41) is 15.3. The van der Waals surface area contributed by atoms with Gasteiger partial charge in [0.25, 0.3) is 0 Å². The molecule has 8 nitrogen and oxygen atoms in total. The van der Waals surface area contributed by atoms with Gasteiger partial charge in [0.05, 0.1) is 0 Å². The number of carbonyl (C=O) groups is 3. The first-order chi connectivity index (χ1) is 15.6. The molecule has 0 spiro atoms. The minimum absolute atomic E-state index is 0.0690. The van der Waals surface area contributed by atoms with Crippen LogP contribution >= 0.6 is 0 Å². The van der Waals surface area contributed by atoms with Crippen LogP contribution in [0.25, 0.3) is 0 Å². The Balaban J connectivity index is 3.31. The number of hydrogen-bond donors (Lipinski definition) is 3. The first kappa shape index (κ1) is 29.3. The molecule has 0 aliphatic heterocycles. The van der Waals surface area contributed by atoms with Crippen molar-refractivity contribution in [3.05, 3.63) is 29.8 Å². The van der Waals surface area contributed by atoms with Crippen LogP contribution in [0.1, 0.15) is 92.7 Å². The summed E-state index contributed by atoms with van der Waals surface area (Å²) in [7, 11) is 0. The second-order valence-electron chi connectivity index (χ2n) is 10.7. The van der Waals surface area contributed by atoms with Crippen LogP contribution in [0.4, 0.5) is 4.79 Å². The summed E-state index contributed by atoms with van der Waals surface area (Å²) in [4.78, 5) is 40.8. The van der Waals surface area contributed by atoms with E-state index in [2.05, 4.69) is 17.6 Å². The standard InChI is InChI=1S/C26H43N3O5/c1-9-10-11-12-17-29(23(32)18(2)27-24(33)34-26(6,7)8)21(22(31)28-25(3,4)5)19-13-15-20(30)16-14-19/h13-16,18,21,30H,9-12,17H2,1-8H3,(H,27,33)(H,28,31). The van der Waals surface area contributed by atoms with Gasteiger partial charge in [-0.3, -0.25) is 9.59 Å². The van der Waals surface area contributed by atoms with Crippen LogP contribution in [0.15, 0.2) is 24.3 Å². The molecule has 0 saturated carbocycles. The third kappa shape index (κ3) is 10.4. The Bertz CT molecular complexity index is 809. The molecule has 3 amide bonds. The number of nitrogens with one attached hydrogen (secondary N) is 2. The molecule has 34 heavy (non-hydrogen) atoms. The van der Waals surface area contributed by atoms with E-state index in [0.29, 0.717) is 12.1 Å². The maximum atomic E-state index is 13.6. The molecule has 0 heterocycles. The topological polar surface area (TPSA) is 108 Å². The van der Waals surface area contributed by atoms with Gasteiger partial charge in [0.15, 0.2) is 0 Å². The van der Waals surface area contributed by atoms with Crippen molar-refractivity contribution in [1.29, 1.82) is 0 Å². The first-order valence-electron chi connectivity index (χ1n) is 12.1. The van der Waals surface area contributed by atoms with Crippen LogP contribution in [0, 0.1) is 0 Å². The van der Waals surface area contributed by atoms with E-state index in [1.807, 2.05) is 20.8 Å². The van der Waals surface area contributed by atoms with Crippen LogP contribution in [0.3, 0.4) is 0 Å². The van der Waals surface area contributed by atoms with Crippen molar-refractivity contribution in [2.24, 2.45) is 0 Å². The quantitative estimate of drug-likeness (QED) is 0.425. The highest BCUT2D eigenvalue weighted by molar-refractivity contribution is 5.92. The summed E-state index contributed by atoms with van der Waals surface area (Å²) < 4.78 is 5.30. The van der Waals surface area contributed by atoms with Gasteiger partial charge in [0, 0.05) is 12.1 Å². The van der Waals surface area contributed by atoms with Crippen LogP contribution in [0.2, 0.25) is 0 Å². The summed E-state index contributed by atoms with van der Waals surface area (Å²) in [6.45, 7) is 14.9. The van der Waals surface area contributed by atoms with E-state index in [0.717, 1.165) is 25.7 Å². The van der Waals surface area contributed by atoms with Crippen molar-refractivity contribution < 1.29 is 24.2 Å². The number of phenols is 1. The van der Waals surface area contributed by atoms with E-state index < -0.39 is 29.3 Å². The lowest BCUT2D eigenvalue weighted by atomic mass is 10.00. The van der Waals surface area contributed by atoms with E-state index in [9.17, 15) is 19.5 Å². The molecule has 1 rings (SSSR count). The fourth-order valence-corrected chi connectivity index (χ4v) is 3.44. The van der Waals surface area contributed by atoms with E-state index in [1.54, 1.807) is 39.8 Å². The SMILES string of the molecule is CCCCCCN(C(=O)C(C)NC(=O)OC(C)(C)C)C(C(=O)NC(C)(C)C)c1ccc(O)cc1. The predicted molar refractivity (Wildman–Crippen MR) is 133 cm³/mol. The number of aromatic hydroxyl groups is 1. The number of nitrogens with zero attached hydrogens (tertiary/aromatic N) is 1. The van der Waals surface area contributed by atoms with Crippen molar-refractivity contribution in [1.82, 2.24) is 15.5 Å². The number of alkyl carbamates (subject to hydrolysis) is 1. The Morgan fingerprint density at radius 3 is 2.09 bits per heavy atom. The number of phenolic OH excluding ortho intramolecular Hbond substituents is 1. The first-order valence-corrected chi connectivity index (χ1v) is 12.1. The molecule has 2 atom stereocenters. The van der Waals surface area contributed by atoms with Crippen LogP contribution < -0.4 is 10.6 Å². The number of carbonyl (C=O) groups excluding carboxylic acids is 3. The van der Waals surface area contributed by atoms with E-state index in [-0.39, 0.29) is 17.6 Å². The highest BCUT2D eigenvalue weighted by atomic mass is 16.6. The summed E-state index contributed by atoms with van der Waals surface area (Å²) >= 11 is 0. The monoisotopic (exact) mass is 477 g/mol. The smallest absolute Gasteiger partial charge is 0.408 e. The molecule has 0 fully saturated rings. The highest BCUT2D eigenvalue weighted by Gasteiger charge is 2.35. The molecule has 0 saturated heterocycles. The Labute approximate surface area is 204 Å². The summed E-state index contributed by atoms with van der Waals surface area (Å²) in [5.41, 5.74) is -0.634. The molecule has 192 valence electrons. The lowest BCUT2D eigenvalue weighted by Gasteiger charge is -2.35. The lowest BCUT2D eigenvalue weighted by Crippen LogP contribution is -2.54. The maximum Gasteiger partial charge on any atom is 0.408 e. The summed E-state index contributed by atoms with van der Waals surface area (Å²) in [6, 6.07) is 4.45. The Hall–Kier alpha value is -2.77. The lowest BCUT2D eigenvalue weighted by molar-refractivity contribution is -0.142. The normalized spacial score (nSPS) is 13.5.